The van der Waals surface area contributed by atoms with Gasteiger partial charge in [0.05, 0.1) is 0 Å². The zero-order chi connectivity index (χ0) is 24.6. The molecule has 0 heterocycles. The Hall–Kier alpha value is -1.16. The van der Waals surface area contributed by atoms with Gasteiger partial charge in [0, 0.05) is 0 Å². The van der Waals surface area contributed by atoms with Crippen LogP contribution >= 0.6 is 0 Å². The lowest BCUT2D eigenvalue weighted by Crippen LogP contribution is -2.58. The molecule has 0 amide bonds. The topological polar surface area (TPSA) is 26.3 Å². The van der Waals surface area contributed by atoms with E-state index in [1.165, 1.54) is 0 Å². The van der Waals surface area contributed by atoms with Crippen LogP contribution in [0.1, 0.15) is 54.4 Å². The van der Waals surface area contributed by atoms with Crippen LogP contribution in [-0.4, -0.2) is 30.6 Å². The van der Waals surface area contributed by atoms with E-state index in [-0.39, 0.29) is 12.3 Å². The number of alkyl halides is 9. The second-order valence-electron chi connectivity index (χ2n) is 10.9. The van der Waals surface area contributed by atoms with Gasteiger partial charge < -0.3 is 4.74 Å². The predicted octanol–water partition coefficient (Wildman–Crippen LogP) is 6.94. The van der Waals surface area contributed by atoms with Crippen molar-refractivity contribution in [2.75, 3.05) is 0 Å². The van der Waals surface area contributed by atoms with E-state index in [0.717, 1.165) is 0 Å². The van der Waals surface area contributed by atoms with E-state index in [1.807, 2.05) is 20.8 Å². The number of rotatable bonds is 2. The zero-order valence-corrected chi connectivity index (χ0v) is 18.0. The van der Waals surface area contributed by atoms with Gasteiger partial charge in [0.25, 0.3) is 6.10 Å². The van der Waals surface area contributed by atoms with Crippen LogP contribution in [0.4, 0.5) is 39.5 Å². The Morgan fingerprint density at radius 1 is 0.806 bits per heavy atom. The third-order valence-electron chi connectivity index (χ3n) is 6.79. The third-order valence-corrected chi connectivity index (χ3v) is 6.79. The minimum absolute atomic E-state index is 0.110. The molecule has 0 radical (unpaired) electrons. The average molecular weight is 470 g/mol. The van der Waals surface area contributed by atoms with E-state index in [0.29, 0.717) is 0 Å². The van der Waals surface area contributed by atoms with Crippen molar-refractivity contribution in [1.29, 1.82) is 0 Å². The average Bonchev–Trinajstić information content (AvgIpc) is 3.04. The maximum atomic E-state index is 14.3. The van der Waals surface area contributed by atoms with Crippen LogP contribution in [0.3, 0.4) is 0 Å². The Bertz CT molecular complexity index is 680. The maximum absolute atomic E-state index is 14.3. The van der Waals surface area contributed by atoms with Gasteiger partial charge in [-0.05, 0) is 47.3 Å². The summed E-state index contributed by atoms with van der Waals surface area (Å²) in [6.45, 7) is 10.5. The van der Waals surface area contributed by atoms with E-state index in [9.17, 15) is 44.3 Å². The van der Waals surface area contributed by atoms with Gasteiger partial charge in [-0.15, -0.1) is 0 Å². The molecule has 0 aromatic carbocycles. The highest BCUT2D eigenvalue weighted by Gasteiger charge is 2.77. The molecule has 0 aromatic rings. The second-order valence-corrected chi connectivity index (χ2v) is 10.9. The summed E-state index contributed by atoms with van der Waals surface area (Å²) in [5.41, 5.74) is -4.66. The van der Waals surface area contributed by atoms with Gasteiger partial charge in [-0.1, -0.05) is 41.5 Å². The molecule has 2 bridgehead atoms. The molecule has 2 nitrogen and oxygen atoms in total. The van der Waals surface area contributed by atoms with Gasteiger partial charge >= 0.3 is 24.5 Å². The minimum atomic E-state index is -6.09. The Morgan fingerprint density at radius 2 is 1.23 bits per heavy atom. The largest absolute Gasteiger partial charge is 0.442 e. The molecular weight excluding hydrogens is 443 g/mol. The number of hydrogen-bond acceptors (Lipinski definition) is 2. The fourth-order valence-corrected chi connectivity index (χ4v) is 6.04. The van der Waals surface area contributed by atoms with E-state index in [2.05, 4.69) is 4.74 Å². The lowest BCUT2D eigenvalue weighted by Gasteiger charge is -2.52. The van der Waals surface area contributed by atoms with Crippen molar-refractivity contribution in [2.24, 2.45) is 39.9 Å². The summed E-state index contributed by atoms with van der Waals surface area (Å²) >= 11 is 0. The molecule has 0 spiro atoms. The van der Waals surface area contributed by atoms with Crippen LogP contribution in [0.15, 0.2) is 0 Å². The maximum Gasteiger partial charge on any atom is 0.434 e. The van der Waals surface area contributed by atoms with Crippen molar-refractivity contribution >= 4 is 5.97 Å². The summed E-state index contributed by atoms with van der Waals surface area (Å²) in [6, 6.07) is 0. The Morgan fingerprint density at radius 3 is 1.55 bits per heavy atom. The van der Waals surface area contributed by atoms with Crippen LogP contribution in [0, 0.1) is 39.9 Å². The van der Waals surface area contributed by atoms with Gasteiger partial charge in [-0.25, -0.2) is 0 Å². The van der Waals surface area contributed by atoms with E-state index in [1.54, 1.807) is 20.8 Å². The molecule has 0 aliphatic heterocycles. The van der Waals surface area contributed by atoms with E-state index < -0.39 is 71.0 Å². The summed E-state index contributed by atoms with van der Waals surface area (Å²) in [6.07, 6.45) is -23.1. The standard InChI is InChI=1S/C20H27F9O2/c1-15(2,3)11-9-7-10(12(11)16(4,5)6)17(8-9,20(27,28)29)14(30)31-13(18(21,22)23)19(24,25)26/h9-13H,7-8H2,1-6H3. The van der Waals surface area contributed by atoms with Crippen molar-refractivity contribution in [2.45, 2.75) is 79.0 Å². The van der Waals surface area contributed by atoms with Crippen LogP contribution in [0.2, 0.25) is 0 Å². The highest BCUT2D eigenvalue weighted by atomic mass is 19.4. The number of halogens is 9. The molecule has 11 heteroatoms. The van der Waals surface area contributed by atoms with Crippen LogP contribution < -0.4 is 0 Å². The Kier molecular flexibility index (Phi) is 6.03. The number of esters is 1. The molecule has 0 aromatic heterocycles. The highest BCUT2D eigenvalue weighted by molar-refractivity contribution is 5.79. The fourth-order valence-electron chi connectivity index (χ4n) is 6.04. The second kappa shape index (κ2) is 7.17. The first-order chi connectivity index (χ1) is 13.5. The lowest BCUT2D eigenvalue weighted by molar-refractivity contribution is -0.326. The molecular formula is C20H27F9O2. The number of fused-ring (bicyclic) bond motifs is 2. The number of ether oxygens (including phenoxy) is 1. The molecule has 0 saturated heterocycles. The minimum Gasteiger partial charge on any atom is -0.442 e. The van der Waals surface area contributed by atoms with Gasteiger partial charge in [-0.3, -0.25) is 4.79 Å². The quantitative estimate of drug-likeness (QED) is 0.323. The van der Waals surface area contributed by atoms with E-state index >= 15 is 0 Å². The molecule has 2 saturated carbocycles. The smallest absolute Gasteiger partial charge is 0.434 e. The molecule has 5 atom stereocenters. The molecule has 2 rings (SSSR count). The fraction of sp³-hybridized carbons (Fsp3) is 0.950. The summed E-state index contributed by atoms with van der Waals surface area (Å²) in [5, 5.41) is 0. The summed E-state index contributed by atoms with van der Waals surface area (Å²) in [5.74, 6) is -5.69. The van der Waals surface area contributed by atoms with Crippen molar-refractivity contribution in [3.63, 3.8) is 0 Å². The normalized spacial score (nSPS) is 32.6. The van der Waals surface area contributed by atoms with Crippen LogP contribution in [0.5, 0.6) is 0 Å². The van der Waals surface area contributed by atoms with Crippen molar-refractivity contribution in [3.05, 3.63) is 0 Å². The van der Waals surface area contributed by atoms with Crippen LogP contribution in [-0.2, 0) is 9.53 Å². The van der Waals surface area contributed by atoms with Crippen LogP contribution in [0.25, 0.3) is 0 Å². The molecule has 2 fully saturated rings. The van der Waals surface area contributed by atoms with Crippen molar-refractivity contribution < 1.29 is 49.0 Å². The molecule has 2 aliphatic carbocycles. The number of carbonyl (C=O) groups excluding carboxylic acids is 1. The Balaban J connectivity index is 2.58. The SMILES string of the molecule is CC(C)(C)C1C2CC(C1C(C)(C)C)C(C(=O)OC(C(F)(F)F)C(F)(F)F)(C(F)(F)F)C2. The monoisotopic (exact) mass is 470 g/mol. The lowest BCUT2D eigenvalue weighted by atomic mass is 9.53. The van der Waals surface area contributed by atoms with Gasteiger partial charge in [0.2, 0.25) is 0 Å². The number of carbonyl (C=O) groups is 1. The van der Waals surface area contributed by atoms with E-state index in [4.69, 9.17) is 0 Å². The van der Waals surface area contributed by atoms with Gasteiger partial charge in [0.1, 0.15) is 0 Å². The summed E-state index contributed by atoms with van der Waals surface area (Å²) in [4.78, 5) is 12.6. The first kappa shape index (κ1) is 26.1. The molecule has 182 valence electrons. The first-order valence-electron chi connectivity index (χ1n) is 9.87. The van der Waals surface area contributed by atoms with Gasteiger partial charge in [0.15, 0.2) is 5.41 Å². The molecule has 5 unspecified atom stereocenters. The summed E-state index contributed by atoms with van der Waals surface area (Å²) in [7, 11) is 0. The molecule has 31 heavy (non-hydrogen) atoms. The van der Waals surface area contributed by atoms with Crippen molar-refractivity contribution in [3.8, 4) is 0 Å². The zero-order valence-electron chi connectivity index (χ0n) is 18.0. The number of hydrogen-bond donors (Lipinski definition) is 0. The highest BCUT2D eigenvalue weighted by Crippen LogP contribution is 2.72. The first-order valence-corrected chi connectivity index (χ1v) is 9.87. The summed E-state index contributed by atoms with van der Waals surface area (Å²) < 4.78 is 124. The van der Waals surface area contributed by atoms with Crippen molar-refractivity contribution in [1.82, 2.24) is 0 Å². The Labute approximate surface area is 174 Å². The predicted molar refractivity (Wildman–Crippen MR) is 92.6 cm³/mol. The molecule has 0 N–H and O–H groups in total. The molecule has 2 aliphatic rings. The van der Waals surface area contributed by atoms with Gasteiger partial charge in [-0.2, -0.15) is 39.5 Å². The third kappa shape index (κ3) is 4.38.